The van der Waals surface area contributed by atoms with Crippen LogP contribution >= 0.6 is 0 Å². The van der Waals surface area contributed by atoms with Gasteiger partial charge in [-0.15, -0.1) is 15.6 Å². The number of benzene rings is 3. The molecule has 16 heteroatoms. The maximum Gasteiger partial charge on any atom is 0.319 e. The third kappa shape index (κ3) is 6.10. The van der Waals surface area contributed by atoms with E-state index < -0.39 is 28.4 Å². The molecule has 3 aromatic heterocycles. The van der Waals surface area contributed by atoms with Gasteiger partial charge < -0.3 is 25.4 Å². The van der Waals surface area contributed by atoms with Crippen LogP contribution in [0.3, 0.4) is 0 Å². The van der Waals surface area contributed by atoms with Gasteiger partial charge in [0, 0.05) is 59.5 Å². The van der Waals surface area contributed by atoms with Gasteiger partial charge in [-0.3, -0.25) is 9.78 Å². The Morgan fingerprint density at radius 3 is 2.57 bits per heavy atom. The number of terminal acetylenes is 1. The SMILES string of the molecule is C#Cc1cccc2cc(O)cc(-c3ncc4c(N5CC6CCC(C5)N6)nc(OCC(=O)Nc5ccc(S(=O)(=O)n6cnc(C7CC7)n6)cc5)nc4c3F)c12. The molecule has 2 atom stereocenters. The van der Waals surface area contributed by atoms with Crippen molar-refractivity contribution in [1.82, 2.24) is 34.4 Å². The Morgan fingerprint density at radius 2 is 1.83 bits per heavy atom. The maximum absolute atomic E-state index is 16.8. The Bertz CT molecular complexity index is 2630. The van der Waals surface area contributed by atoms with Crippen molar-refractivity contribution < 1.29 is 27.4 Å². The molecule has 0 spiro atoms. The Hall–Kier alpha value is -6.18. The third-order valence-corrected chi connectivity index (χ3v) is 11.5. The smallest absolute Gasteiger partial charge is 0.319 e. The van der Waals surface area contributed by atoms with Crippen molar-refractivity contribution in [3.8, 4) is 35.4 Å². The average Bonchev–Trinajstić information content (AvgIpc) is 3.80. The van der Waals surface area contributed by atoms with Crippen LogP contribution in [0, 0.1) is 18.2 Å². The molecule has 1 saturated carbocycles. The average molecular weight is 746 g/mol. The number of phenolic OH excluding ortho intramolecular Hbond substituents is 1. The van der Waals surface area contributed by atoms with E-state index in [4.69, 9.17) is 11.2 Å². The number of hydrogen-bond donors (Lipinski definition) is 3. The summed E-state index contributed by atoms with van der Waals surface area (Å²) in [6, 6.07) is 14.1. The quantitative estimate of drug-likeness (QED) is 0.179. The number of piperazine rings is 1. The van der Waals surface area contributed by atoms with E-state index in [9.17, 15) is 18.3 Å². The summed E-state index contributed by atoms with van der Waals surface area (Å²) in [5.41, 5.74) is 0.977. The standard InChI is InChI=1S/C38H32FN9O5S/c1-2-21-4-3-5-23-14-27(49)15-29(32(21)23)34-33(39)35-30(16-40-34)37(47-17-25-8-9-26(18-47)42-25)45-38(44-35)53-19-31(50)43-24-10-12-28(13-11-24)54(51,52)48-20-41-36(46-48)22-6-7-22/h1,3-5,10-16,20,22,25-26,42,49H,6-9,17-19H2,(H,43,50). The molecule has 2 saturated heterocycles. The minimum Gasteiger partial charge on any atom is -0.508 e. The molecule has 3 aliphatic rings. The largest absolute Gasteiger partial charge is 0.508 e. The van der Waals surface area contributed by atoms with Crippen LogP contribution in [-0.2, 0) is 14.8 Å². The Morgan fingerprint density at radius 1 is 1.06 bits per heavy atom. The van der Waals surface area contributed by atoms with E-state index in [-0.39, 0.29) is 45.9 Å². The molecule has 3 N–H and O–H groups in total. The number of phenols is 1. The van der Waals surface area contributed by atoms with E-state index in [1.54, 1.807) is 24.3 Å². The van der Waals surface area contributed by atoms with Crippen molar-refractivity contribution in [3.05, 3.63) is 84.3 Å². The predicted molar refractivity (Wildman–Crippen MR) is 197 cm³/mol. The second kappa shape index (κ2) is 13.0. The lowest BCUT2D eigenvalue weighted by atomic mass is 9.96. The first-order valence-electron chi connectivity index (χ1n) is 17.4. The number of halogens is 1. The van der Waals surface area contributed by atoms with Gasteiger partial charge in [0.2, 0.25) is 0 Å². The fourth-order valence-electron chi connectivity index (χ4n) is 7.26. The van der Waals surface area contributed by atoms with Gasteiger partial charge in [0.05, 0.1) is 10.3 Å². The van der Waals surface area contributed by atoms with Gasteiger partial charge in [-0.05, 0) is 73.5 Å². The highest BCUT2D eigenvalue weighted by Gasteiger charge is 2.34. The van der Waals surface area contributed by atoms with Gasteiger partial charge >= 0.3 is 6.01 Å². The number of nitrogens with zero attached hydrogens (tertiary/aromatic N) is 7. The molecular formula is C38H32FN9O5S. The Labute approximate surface area is 308 Å². The van der Waals surface area contributed by atoms with Crippen molar-refractivity contribution >= 4 is 49.1 Å². The summed E-state index contributed by atoms with van der Waals surface area (Å²) in [6.45, 7) is 0.723. The molecule has 14 nitrogen and oxygen atoms in total. The monoisotopic (exact) mass is 745 g/mol. The predicted octanol–water partition coefficient (Wildman–Crippen LogP) is 4.34. The van der Waals surface area contributed by atoms with Gasteiger partial charge in [-0.25, -0.2) is 9.37 Å². The molecule has 2 aliphatic heterocycles. The van der Waals surface area contributed by atoms with Crippen LogP contribution in [0.4, 0.5) is 15.9 Å². The molecule has 9 rings (SSSR count). The molecule has 6 aromatic rings. The second-order valence-corrected chi connectivity index (χ2v) is 15.5. The number of hydrogen-bond acceptors (Lipinski definition) is 12. The van der Waals surface area contributed by atoms with Crippen LogP contribution in [-0.4, -0.2) is 80.3 Å². The second-order valence-electron chi connectivity index (χ2n) is 13.7. The van der Waals surface area contributed by atoms with Gasteiger partial charge in [0.1, 0.15) is 29.1 Å². The number of anilines is 2. The number of carbonyl (C=O) groups is 1. The van der Waals surface area contributed by atoms with E-state index in [1.165, 1.54) is 42.9 Å². The number of carbonyl (C=O) groups excluding carboxylic acids is 1. The first-order valence-corrected chi connectivity index (χ1v) is 18.9. The lowest BCUT2D eigenvalue weighted by Gasteiger charge is -2.34. The van der Waals surface area contributed by atoms with Gasteiger partial charge in [0.25, 0.3) is 15.9 Å². The van der Waals surface area contributed by atoms with Crippen LogP contribution in [0.1, 0.15) is 43.0 Å². The molecule has 2 unspecified atom stereocenters. The molecular weight excluding hydrogens is 714 g/mol. The topological polar surface area (TPSA) is 177 Å². The fraction of sp³-hybridized carbons (Fsp3) is 0.263. The summed E-state index contributed by atoms with van der Waals surface area (Å²) in [5.74, 6) is 2.33. The summed E-state index contributed by atoms with van der Waals surface area (Å²) in [6.07, 6.45) is 12.4. The number of amides is 1. The number of nitrogens with one attached hydrogen (secondary N) is 2. The Balaban J connectivity index is 1.00. The van der Waals surface area contributed by atoms with Crippen LogP contribution in [0.25, 0.3) is 32.9 Å². The molecule has 5 heterocycles. The van der Waals surface area contributed by atoms with Crippen LogP contribution in [0.15, 0.2) is 72.0 Å². The number of aromatic nitrogens is 6. The Kier molecular flexibility index (Phi) is 8.12. The van der Waals surface area contributed by atoms with E-state index in [2.05, 4.69) is 46.5 Å². The zero-order valence-electron chi connectivity index (χ0n) is 28.6. The lowest BCUT2D eigenvalue weighted by molar-refractivity contribution is -0.118. The first kappa shape index (κ1) is 33.6. The number of aromatic hydroxyl groups is 1. The highest BCUT2D eigenvalue weighted by Crippen LogP contribution is 2.39. The van der Waals surface area contributed by atoms with Crippen molar-refractivity contribution in [1.29, 1.82) is 0 Å². The van der Waals surface area contributed by atoms with Crippen LogP contribution in [0.5, 0.6) is 11.8 Å². The minimum absolute atomic E-state index is 0.0208. The maximum atomic E-state index is 16.8. The normalized spacial score (nSPS) is 18.2. The molecule has 2 bridgehead atoms. The van der Waals surface area contributed by atoms with Crippen molar-refractivity contribution in [2.75, 3.05) is 29.9 Å². The molecule has 54 heavy (non-hydrogen) atoms. The molecule has 1 amide bonds. The van der Waals surface area contributed by atoms with Gasteiger partial charge in [0.15, 0.2) is 18.2 Å². The van der Waals surface area contributed by atoms with Crippen molar-refractivity contribution in [3.63, 3.8) is 0 Å². The molecule has 1 aliphatic carbocycles. The van der Waals surface area contributed by atoms with E-state index in [0.717, 1.165) is 29.8 Å². The summed E-state index contributed by atoms with van der Waals surface area (Å²) in [7, 11) is -3.97. The van der Waals surface area contributed by atoms with Crippen molar-refractivity contribution in [2.45, 2.75) is 48.6 Å². The first-order chi connectivity index (χ1) is 26.1. The van der Waals surface area contributed by atoms with E-state index >= 15 is 4.39 Å². The number of pyridine rings is 1. The molecule has 0 radical (unpaired) electrons. The summed E-state index contributed by atoms with van der Waals surface area (Å²) in [5, 5.41) is 22.5. The zero-order valence-corrected chi connectivity index (χ0v) is 29.4. The van der Waals surface area contributed by atoms with E-state index in [1.807, 2.05) is 0 Å². The van der Waals surface area contributed by atoms with Gasteiger partial charge in [-0.2, -0.15) is 18.4 Å². The number of ether oxygens (including phenoxy) is 1. The number of rotatable bonds is 9. The van der Waals surface area contributed by atoms with Crippen LogP contribution in [0.2, 0.25) is 0 Å². The fourth-order valence-corrected chi connectivity index (χ4v) is 8.31. The highest BCUT2D eigenvalue weighted by molar-refractivity contribution is 7.89. The van der Waals surface area contributed by atoms with Crippen molar-refractivity contribution in [2.24, 2.45) is 0 Å². The molecule has 3 fully saturated rings. The summed E-state index contributed by atoms with van der Waals surface area (Å²) < 4.78 is 49.6. The molecule has 272 valence electrons. The van der Waals surface area contributed by atoms with E-state index in [0.29, 0.717) is 57.7 Å². The third-order valence-electron chi connectivity index (χ3n) is 9.98. The highest BCUT2D eigenvalue weighted by atomic mass is 32.2. The van der Waals surface area contributed by atoms with Crippen LogP contribution < -0.4 is 20.3 Å². The van der Waals surface area contributed by atoms with Gasteiger partial charge in [-0.1, -0.05) is 18.1 Å². The lowest BCUT2D eigenvalue weighted by Crippen LogP contribution is -2.51. The summed E-state index contributed by atoms with van der Waals surface area (Å²) in [4.78, 5) is 32.8. The molecule has 3 aromatic carbocycles. The minimum atomic E-state index is -3.97. The number of fused-ring (bicyclic) bond motifs is 4. The summed E-state index contributed by atoms with van der Waals surface area (Å²) >= 11 is 0. The zero-order chi connectivity index (χ0) is 37.1.